The maximum atomic E-state index is 12.1. The van der Waals surface area contributed by atoms with Crippen LogP contribution in [0.3, 0.4) is 0 Å². The van der Waals surface area contributed by atoms with Gasteiger partial charge in [-0.05, 0) is 18.2 Å². The summed E-state index contributed by atoms with van der Waals surface area (Å²) in [7, 11) is 1.63. The number of hydrogen-bond donors (Lipinski definition) is 1. The molecule has 1 amide bonds. The number of nitrogens with one attached hydrogen (secondary N) is 1. The van der Waals surface area contributed by atoms with E-state index in [-0.39, 0.29) is 12.5 Å². The molecule has 2 heterocycles. The highest BCUT2D eigenvalue weighted by molar-refractivity contribution is 6.30. The van der Waals surface area contributed by atoms with Crippen LogP contribution in [0.15, 0.2) is 28.8 Å². The lowest BCUT2D eigenvalue weighted by molar-refractivity contribution is -0.101. The smallest absolute Gasteiger partial charge is 0.251 e. The van der Waals surface area contributed by atoms with Crippen LogP contribution >= 0.6 is 11.6 Å². The maximum Gasteiger partial charge on any atom is 0.251 e. The number of halogens is 1. The number of ether oxygens (including phenoxy) is 2. The summed E-state index contributed by atoms with van der Waals surface area (Å²) in [5, 5.41) is 7.24. The zero-order chi connectivity index (χ0) is 17.0. The van der Waals surface area contributed by atoms with Crippen molar-refractivity contribution in [3.8, 4) is 0 Å². The first-order chi connectivity index (χ1) is 11.6. The largest absolute Gasteiger partial charge is 0.381 e. The van der Waals surface area contributed by atoms with Crippen molar-refractivity contribution in [2.45, 2.75) is 25.0 Å². The van der Waals surface area contributed by atoms with E-state index in [2.05, 4.69) is 15.5 Å². The molecule has 24 heavy (non-hydrogen) atoms. The van der Waals surface area contributed by atoms with Gasteiger partial charge in [0.15, 0.2) is 0 Å². The van der Waals surface area contributed by atoms with Gasteiger partial charge in [-0.25, -0.2) is 0 Å². The Kier molecular flexibility index (Phi) is 5.13. The predicted molar refractivity (Wildman–Crippen MR) is 85.7 cm³/mol. The van der Waals surface area contributed by atoms with Crippen molar-refractivity contribution in [3.63, 3.8) is 0 Å². The molecule has 0 bridgehead atoms. The lowest BCUT2D eigenvalue weighted by Gasteiger charge is -2.32. The summed E-state index contributed by atoms with van der Waals surface area (Å²) in [5.74, 6) is 0.549. The minimum absolute atomic E-state index is 0.134. The molecule has 0 atom stereocenters. The van der Waals surface area contributed by atoms with Gasteiger partial charge in [-0.2, -0.15) is 4.98 Å². The number of hydrogen-bond acceptors (Lipinski definition) is 6. The minimum Gasteiger partial charge on any atom is -0.381 e. The van der Waals surface area contributed by atoms with Crippen LogP contribution in [0.5, 0.6) is 0 Å². The van der Waals surface area contributed by atoms with Gasteiger partial charge in [-0.15, -0.1) is 0 Å². The Hall–Kier alpha value is -1.96. The summed E-state index contributed by atoms with van der Waals surface area (Å²) < 4.78 is 16.2. The standard InChI is InChI=1S/C16H18ClN3O4/c1-22-16(5-7-23-8-6-16)15-19-13(24-20-15)10-18-14(21)11-3-2-4-12(17)9-11/h2-4,9H,5-8,10H2,1H3,(H,18,21). The number of carbonyl (C=O) groups is 1. The van der Waals surface area contributed by atoms with Crippen LogP contribution in [0.4, 0.5) is 0 Å². The first kappa shape index (κ1) is 16.9. The first-order valence-electron chi connectivity index (χ1n) is 7.63. The Labute approximate surface area is 144 Å². The highest BCUT2D eigenvalue weighted by atomic mass is 35.5. The lowest BCUT2D eigenvalue weighted by atomic mass is 9.93. The van der Waals surface area contributed by atoms with Gasteiger partial charge in [0.2, 0.25) is 11.7 Å². The topological polar surface area (TPSA) is 86.5 Å². The monoisotopic (exact) mass is 351 g/mol. The van der Waals surface area contributed by atoms with Crippen molar-refractivity contribution in [2.75, 3.05) is 20.3 Å². The molecule has 1 saturated heterocycles. The molecule has 0 aliphatic carbocycles. The molecular weight excluding hydrogens is 334 g/mol. The molecule has 3 rings (SSSR count). The second-order valence-corrected chi connectivity index (χ2v) is 5.95. The number of amides is 1. The van der Waals surface area contributed by atoms with Crippen LogP contribution in [-0.4, -0.2) is 36.4 Å². The van der Waals surface area contributed by atoms with Gasteiger partial charge in [0, 0.05) is 43.8 Å². The summed E-state index contributed by atoms with van der Waals surface area (Å²) >= 11 is 5.88. The van der Waals surface area contributed by atoms with Crippen molar-refractivity contribution in [3.05, 3.63) is 46.6 Å². The van der Waals surface area contributed by atoms with Gasteiger partial charge in [0.25, 0.3) is 5.91 Å². The molecule has 0 spiro atoms. The third-order valence-electron chi connectivity index (χ3n) is 4.05. The van der Waals surface area contributed by atoms with E-state index >= 15 is 0 Å². The molecule has 0 unspecified atom stereocenters. The second kappa shape index (κ2) is 7.29. The molecule has 0 saturated carbocycles. The molecule has 2 aromatic rings. The van der Waals surface area contributed by atoms with Crippen molar-refractivity contribution in [1.82, 2.24) is 15.5 Å². The third kappa shape index (κ3) is 3.58. The summed E-state index contributed by atoms with van der Waals surface area (Å²) in [6, 6.07) is 6.71. The van der Waals surface area contributed by atoms with Crippen LogP contribution in [0.1, 0.15) is 34.9 Å². The fourth-order valence-corrected chi connectivity index (χ4v) is 2.81. The molecule has 0 radical (unpaired) electrons. The van der Waals surface area contributed by atoms with Crippen LogP contribution in [0.25, 0.3) is 0 Å². The molecule has 8 heteroatoms. The molecule has 1 aromatic heterocycles. The van der Waals surface area contributed by atoms with Crippen LogP contribution < -0.4 is 5.32 Å². The highest BCUT2D eigenvalue weighted by Gasteiger charge is 2.39. The fourth-order valence-electron chi connectivity index (χ4n) is 2.62. The zero-order valence-corrected chi connectivity index (χ0v) is 14.0. The Morgan fingerprint density at radius 2 is 2.21 bits per heavy atom. The van der Waals surface area contributed by atoms with E-state index < -0.39 is 5.60 Å². The lowest BCUT2D eigenvalue weighted by Crippen LogP contribution is -2.36. The van der Waals surface area contributed by atoms with E-state index in [0.717, 1.165) is 0 Å². The van der Waals surface area contributed by atoms with Crippen LogP contribution in [-0.2, 0) is 21.6 Å². The molecule has 1 aliphatic rings. The first-order valence-corrected chi connectivity index (χ1v) is 8.00. The van der Waals surface area contributed by atoms with Gasteiger partial charge >= 0.3 is 0 Å². The average molecular weight is 352 g/mol. The predicted octanol–water partition coefficient (Wildman–Crippen LogP) is 2.31. The van der Waals surface area contributed by atoms with Crippen LogP contribution in [0, 0.1) is 0 Å². The summed E-state index contributed by atoms with van der Waals surface area (Å²) in [6.07, 6.45) is 1.33. The molecule has 128 valence electrons. The maximum absolute atomic E-state index is 12.1. The van der Waals surface area contributed by atoms with Gasteiger partial charge in [-0.3, -0.25) is 4.79 Å². The van der Waals surface area contributed by atoms with Crippen molar-refractivity contribution in [2.24, 2.45) is 0 Å². The Morgan fingerprint density at radius 3 is 2.92 bits per heavy atom. The number of rotatable bonds is 5. The van der Waals surface area contributed by atoms with E-state index in [1.807, 2.05) is 0 Å². The number of nitrogens with zero attached hydrogens (tertiary/aromatic N) is 2. The number of benzene rings is 1. The van der Waals surface area contributed by atoms with E-state index in [0.29, 0.717) is 48.4 Å². The summed E-state index contributed by atoms with van der Waals surface area (Å²) in [5.41, 5.74) is -0.114. The molecule has 1 fully saturated rings. The molecular formula is C16H18ClN3O4. The van der Waals surface area contributed by atoms with Crippen LogP contribution in [0.2, 0.25) is 5.02 Å². The normalized spacial score (nSPS) is 16.8. The van der Waals surface area contributed by atoms with E-state index in [4.69, 9.17) is 25.6 Å². The number of aromatic nitrogens is 2. The van der Waals surface area contributed by atoms with Gasteiger partial charge in [0.1, 0.15) is 5.60 Å². The number of carbonyl (C=O) groups excluding carboxylic acids is 1. The van der Waals surface area contributed by atoms with Gasteiger partial charge in [-0.1, -0.05) is 22.8 Å². The van der Waals surface area contributed by atoms with E-state index in [1.165, 1.54) is 0 Å². The third-order valence-corrected chi connectivity index (χ3v) is 4.29. The van der Waals surface area contributed by atoms with Crippen molar-refractivity contribution in [1.29, 1.82) is 0 Å². The highest BCUT2D eigenvalue weighted by Crippen LogP contribution is 2.33. The zero-order valence-electron chi connectivity index (χ0n) is 13.3. The quantitative estimate of drug-likeness (QED) is 0.889. The Balaban J connectivity index is 1.65. The minimum atomic E-state index is -0.586. The molecule has 1 aromatic carbocycles. The van der Waals surface area contributed by atoms with E-state index in [9.17, 15) is 4.79 Å². The van der Waals surface area contributed by atoms with Gasteiger partial charge < -0.3 is 19.3 Å². The fraction of sp³-hybridized carbons (Fsp3) is 0.438. The molecule has 1 aliphatic heterocycles. The van der Waals surface area contributed by atoms with E-state index in [1.54, 1.807) is 31.4 Å². The Bertz CT molecular complexity index is 713. The Morgan fingerprint density at radius 1 is 1.42 bits per heavy atom. The SMILES string of the molecule is COC1(c2noc(CNC(=O)c3cccc(Cl)c3)n2)CCOCC1. The summed E-state index contributed by atoms with van der Waals surface area (Å²) in [4.78, 5) is 16.5. The number of methoxy groups -OCH3 is 1. The summed E-state index contributed by atoms with van der Waals surface area (Å²) in [6.45, 7) is 1.31. The molecule has 1 N–H and O–H groups in total. The second-order valence-electron chi connectivity index (χ2n) is 5.52. The van der Waals surface area contributed by atoms with Crippen molar-refractivity contribution >= 4 is 17.5 Å². The average Bonchev–Trinajstić information content (AvgIpc) is 3.10. The van der Waals surface area contributed by atoms with Gasteiger partial charge in [0.05, 0.1) is 6.54 Å². The van der Waals surface area contributed by atoms with Crippen molar-refractivity contribution < 1.29 is 18.8 Å². The molecule has 7 nitrogen and oxygen atoms in total.